The first-order chi connectivity index (χ1) is 18.2. The molecule has 0 aliphatic carbocycles. The molecule has 0 atom stereocenters. The molecule has 0 saturated carbocycles. The van der Waals surface area contributed by atoms with Crippen LogP contribution in [0, 0.1) is 0 Å². The normalized spacial score (nSPS) is 10.6. The number of hydrogen-bond acceptors (Lipinski definition) is 7. The summed E-state index contributed by atoms with van der Waals surface area (Å²) in [5, 5.41) is 3.82. The first-order valence-electron chi connectivity index (χ1n) is 10.9. The van der Waals surface area contributed by atoms with E-state index >= 15 is 0 Å². The number of fused-ring (bicyclic) bond motifs is 1. The van der Waals surface area contributed by atoms with Crippen molar-refractivity contribution >= 4 is 72.4 Å². The van der Waals surface area contributed by atoms with E-state index in [1.807, 2.05) is 18.2 Å². The van der Waals surface area contributed by atoms with E-state index in [0.717, 1.165) is 14.6 Å². The number of amides is 3. The SMILES string of the molecule is COc1cc(C(=O)Nc2ccc(C(=O)NNC(=O)c3sc4cc(Br)ccc4c3Cl)cc2)cc(OC)c1OC. The summed E-state index contributed by atoms with van der Waals surface area (Å²) in [6, 6.07) is 14.7. The van der Waals surface area contributed by atoms with E-state index in [1.165, 1.54) is 56.9 Å². The van der Waals surface area contributed by atoms with Crippen LogP contribution >= 0.6 is 38.9 Å². The minimum Gasteiger partial charge on any atom is -0.493 e. The summed E-state index contributed by atoms with van der Waals surface area (Å²) < 4.78 is 17.6. The molecular weight excluding hydrogens is 598 g/mol. The van der Waals surface area contributed by atoms with Crippen molar-refractivity contribution in [3.05, 3.63) is 80.1 Å². The van der Waals surface area contributed by atoms with E-state index in [2.05, 4.69) is 32.1 Å². The monoisotopic (exact) mass is 617 g/mol. The molecule has 38 heavy (non-hydrogen) atoms. The maximum Gasteiger partial charge on any atom is 0.281 e. The topological polar surface area (TPSA) is 115 Å². The lowest BCUT2D eigenvalue weighted by molar-refractivity contribution is 0.0849. The summed E-state index contributed by atoms with van der Waals surface area (Å²) in [4.78, 5) is 38.2. The molecule has 12 heteroatoms. The first-order valence-corrected chi connectivity index (χ1v) is 12.9. The fourth-order valence-electron chi connectivity index (χ4n) is 3.55. The summed E-state index contributed by atoms with van der Waals surface area (Å²) in [5.74, 6) is -0.430. The van der Waals surface area contributed by atoms with Crippen LogP contribution in [-0.4, -0.2) is 39.1 Å². The summed E-state index contributed by atoms with van der Waals surface area (Å²) in [6.45, 7) is 0. The van der Waals surface area contributed by atoms with Crippen LogP contribution in [0.4, 0.5) is 5.69 Å². The first kappa shape index (κ1) is 27.2. The van der Waals surface area contributed by atoms with Gasteiger partial charge in [-0.15, -0.1) is 11.3 Å². The Kier molecular flexibility index (Phi) is 8.40. The van der Waals surface area contributed by atoms with Gasteiger partial charge in [-0.3, -0.25) is 25.2 Å². The van der Waals surface area contributed by atoms with Gasteiger partial charge in [-0.05, 0) is 48.5 Å². The fourth-order valence-corrected chi connectivity index (χ4v) is 5.51. The van der Waals surface area contributed by atoms with Gasteiger partial charge in [0.25, 0.3) is 17.7 Å². The number of rotatable bonds is 7. The molecular formula is C26H21BrClN3O6S. The Morgan fingerprint density at radius 2 is 1.42 bits per heavy atom. The molecule has 0 bridgehead atoms. The Balaban J connectivity index is 1.39. The highest BCUT2D eigenvalue weighted by atomic mass is 79.9. The Morgan fingerprint density at radius 1 is 0.789 bits per heavy atom. The van der Waals surface area contributed by atoms with Gasteiger partial charge in [-0.2, -0.15) is 0 Å². The zero-order valence-electron chi connectivity index (χ0n) is 20.3. The Hall–Kier alpha value is -3.80. The second-order valence-electron chi connectivity index (χ2n) is 7.74. The van der Waals surface area contributed by atoms with Crippen molar-refractivity contribution in [2.24, 2.45) is 0 Å². The van der Waals surface area contributed by atoms with Gasteiger partial charge in [0.1, 0.15) is 4.88 Å². The molecule has 3 aromatic carbocycles. The highest BCUT2D eigenvalue weighted by Crippen LogP contribution is 2.38. The molecule has 0 radical (unpaired) electrons. The number of halogens is 2. The van der Waals surface area contributed by atoms with Crippen LogP contribution in [0.15, 0.2) is 59.1 Å². The van der Waals surface area contributed by atoms with Gasteiger partial charge in [-0.1, -0.05) is 33.6 Å². The number of carbonyl (C=O) groups is 3. The van der Waals surface area contributed by atoms with E-state index in [1.54, 1.807) is 12.1 Å². The minimum atomic E-state index is -0.541. The predicted octanol–water partition coefficient (Wildman–Crippen LogP) is 5.67. The van der Waals surface area contributed by atoms with Gasteiger partial charge in [-0.25, -0.2) is 0 Å². The largest absolute Gasteiger partial charge is 0.493 e. The van der Waals surface area contributed by atoms with Crippen LogP contribution in [-0.2, 0) is 0 Å². The van der Waals surface area contributed by atoms with Gasteiger partial charge >= 0.3 is 0 Å². The van der Waals surface area contributed by atoms with Crippen LogP contribution in [0.3, 0.4) is 0 Å². The molecule has 4 aromatic rings. The number of hydrazine groups is 1. The van der Waals surface area contributed by atoms with Gasteiger partial charge in [0.2, 0.25) is 5.75 Å². The minimum absolute atomic E-state index is 0.266. The molecule has 3 amide bonds. The van der Waals surface area contributed by atoms with Crippen LogP contribution in [0.5, 0.6) is 17.2 Å². The molecule has 0 saturated heterocycles. The number of hydrogen-bond donors (Lipinski definition) is 3. The molecule has 196 valence electrons. The fraction of sp³-hybridized carbons (Fsp3) is 0.115. The van der Waals surface area contributed by atoms with Gasteiger partial charge in [0.05, 0.1) is 26.4 Å². The van der Waals surface area contributed by atoms with E-state index in [4.69, 9.17) is 25.8 Å². The van der Waals surface area contributed by atoms with Crippen LogP contribution in [0.1, 0.15) is 30.4 Å². The van der Waals surface area contributed by atoms with Crippen molar-refractivity contribution in [2.45, 2.75) is 0 Å². The van der Waals surface area contributed by atoms with Crippen molar-refractivity contribution in [2.75, 3.05) is 26.6 Å². The van der Waals surface area contributed by atoms with Crippen LogP contribution < -0.4 is 30.4 Å². The molecule has 0 spiro atoms. The van der Waals surface area contributed by atoms with Crippen LogP contribution in [0.25, 0.3) is 10.1 Å². The standard InChI is InChI=1S/C26H21BrClN3O6S/c1-35-18-10-14(11-19(36-2)22(18)37-3)24(32)29-16-7-4-13(5-8-16)25(33)30-31-26(34)23-21(28)17-9-6-15(27)12-20(17)38-23/h4-12H,1-3H3,(H,29,32)(H,30,33)(H,31,34). The Labute approximate surface area is 235 Å². The van der Waals surface area contributed by atoms with Gasteiger partial charge < -0.3 is 19.5 Å². The molecule has 0 unspecified atom stereocenters. The van der Waals surface area contributed by atoms with E-state index < -0.39 is 17.7 Å². The molecule has 4 rings (SSSR count). The van der Waals surface area contributed by atoms with Crippen molar-refractivity contribution < 1.29 is 28.6 Å². The van der Waals surface area contributed by atoms with Crippen molar-refractivity contribution in [1.82, 2.24) is 10.9 Å². The van der Waals surface area contributed by atoms with E-state index in [9.17, 15) is 14.4 Å². The zero-order valence-corrected chi connectivity index (χ0v) is 23.5. The second-order valence-corrected chi connectivity index (χ2v) is 10.1. The number of nitrogens with one attached hydrogen (secondary N) is 3. The third-order valence-corrected chi connectivity index (χ3v) is 7.57. The number of anilines is 1. The number of methoxy groups -OCH3 is 3. The number of benzene rings is 3. The van der Waals surface area contributed by atoms with Gasteiger partial charge in [0.15, 0.2) is 11.5 Å². The second kappa shape index (κ2) is 11.7. The smallest absolute Gasteiger partial charge is 0.281 e. The number of thiophene rings is 1. The Bertz CT molecular complexity index is 1520. The molecule has 0 fully saturated rings. The maximum atomic E-state index is 12.8. The van der Waals surface area contributed by atoms with E-state index in [-0.39, 0.29) is 16.0 Å². The Morgan fingerprint density at radius 3 is 2.03 bits per heavy atom. The molecule has 0 aliphatic heterocycles. The quantitative estimate of drug-likeness (QED) is 0.230. The third-order valence-electron chi connectivity index (χ3n) is 5.42. The lowest BCUT2D eigenvalue weighted by Crippen LogP contribution is -2.41. The molecule has 3 N–H and O–H groups in total. The van der Waals surface area contributed by atoms with Gasteiger partial charge in [0, 0.05) is 31.4 Å². The summed E-state index contributed by atoms with van der Waals surface area (Å²) >= 11 is 11.0. The van der Waals surface area contributed by atoms with Crippen LogP contribution in [0.2, 0.25) is 5.02 Å². The summed E-state index contributed by atoms with van der Waals surface area (Å²) in [5.41, 5.74) is 5.77. The average molecular weight is 619 g/mol. The molecule has 1 heterocycles. The van der Waals surface area contributed by atoms with Crippen molar-refractivity contribution in [3.63, 3.8) is 0 Å². The van der Waals surface area contributed by atoms with E-state index in [0.29, 0.717) is 28.0 Å². The van der Waals surface area contributed by atoms with Crippen molar-refractivity contribution in [1.29, 1.82) is 0 Å². The van der Waals surface area contributed by atoms with Crippen molar-refractivity contribution in [3.8, 4) is 17.2 Å². The summed E-state index contributed by atoms with van der Waals surface area (Å²) in [6.07, 6.45) is 0. The lowest BCUT2D eigenvalue weighted by Gasteiger charge is -2.14. The third kappa shape index (κ3) is 5.69. The zero-order chi connectivity index (χ0) is 27.4. The highest BCUT2D eigenvalue weighted by molar-refractivity contribution is 9.10. The lowest BCUT2D eigenvalue weighted by atomic mass is 10.1. The number of carbonyl (C=O) groups excluding carboxylic acids is 3. The molecule has 9 nitrogen and oxygen atoms in total. The number of ether oxygens (including phenoxy) is 3. The average Bonchev–Trinajstić information content (AvgIpc) is 3.26. The summed E-state index contributed by atoms with van der Waals surface area (Å²) in [7, 11) is 4.39. The molecule has 1 aromatic heterocycles. The maximum absolute atomic E-state index is 12.8. The predicted molar refractivity (Wildman–Crippen MR) is 150 cm³/mol. The highest BCUT2D eigenvalue weighted by Gasteiger charge is 2.19. The molecule has 0 aliphatic rings.